The summed E-state index contributed by atoms with van der Waals surface area (Å²) in [4.78, 5) is 11.8. The molecule has 1 aromatic rings. The number of aromatic nitrogens is 1. The van der Waals surface area contributed by atoms with Crippen LogP contribution < -0.4 is 4.72 Å². The smallest absolute Gasteiger partial charge is 0.354 e. The van der Waals surface area contributed by atoms with Crippen molar-refractivity contribution >= 4 is 16.0 Å². The molecule has 0 radical (unpaired) electrons. The second-order valence-electron chi connectivity index (χ2n) is 4.16. The summed E-state index contributed by atoms with van der Waals surface area (Å²) in [6, 6.07) is 1.35. The van der Waals surface area contributed by atoms with Crippen molar-refractivity contribution in [2.75, 3.05) is 13.2 Å². The zero-order chi connectivity index (χ0) is 14.6. The molecule has 0 aliphatic carbocycles. The van der Waals surface area contributed by atoms with E-state index in [9.17, 15) is 13.2 Å². The summed E-state index contributed by atoms with van der Waals surface area (Å²) in [5.74, 6) is -0.523. The highest BCUT2D eigenvalue weighted by molar-refractivity contribution is 7.89. The Kier molecular flexibility index (Phi) is 5.13. The highest BCUT2D eigenvalue weighted by Gasteiger charge is 2.24. The molecule has 0 amide bonds. The van der Waals surface area contributed by atoms with E-state index in [0.29, 0.717) is 18.7 Å². The molecule has 0 aromatic carbocycles. The lowest BCUT2D eigenvalue weighted by atomic mass is 10.4. The molecule has 1 aromatic heterocycles. The zero-order valence-corrected chi connectivity index (χ0v) is 12.5. The first-order valence-corrected chi connectivity index (χ1v) is 7.66. The Balaban J connectivity index is 3.18. The molecule has 1 N–H and O–H groups in total. The number of sulfonamides is 1. The standard InChI is InChI=1S/C12H20N2O4S/c1-5-7-13-19(16,17)11-8-10(12(15)18-6-2)14(4)9(11)3/h8,13H,5-7H2,1-4H3. The van der Waals surface area contributed by atoms with E-state index in [4.69, 9.17) is 4.74 Å². The number of esters is 1. The molecular formula is C12H20N2O4S. The van der Waals surface area contributed by atoms with Crippen LogP contribution in [0, 0.1) is 6.92 Å². The summed E-state index contributed by atoms with van der Waals surface area (Å²) in [6.45, 7) is 5.85. The summed E-state index contributed by atoms with van der Waals surface area (Å²) < 4.78 is 33.1. The highest BCUT2D eigenvalue weighted by Crippen LogP contribution is 2.20. The minimum Gasteiger partial charge on any atom is -0.461 e. The molecule has 1 heterocycles. The van der Waals surface area contributed by atoms with E-state index >= 15 is 0 Å². The number of hydrogen-bond donors (Lipinski definition) is 1. The number of carbonyl (C=O) groups is 1. The third kappa shape index (κ3) is 3.36. The summed E-state index contributed by atoms with van der Waals surface area (Å²) in [6.07, 6.45) is 0.704. The van der Waals surface area contributed by atoms with Gasteiger partial charge in [0, 0.05) is 19.3 Å². The zero-order valence-electron chi connectivity index (χ0n) is 11.7. The van der Waals surface area contributed by atoms with Crippen LogP contribution in [0.3, 0.4) is 0 Å². The molecule has 7 heteroatoms. The Morgan fingerprint density at radius 1 is 1.42 bits per heavy atom. The van der Waals surface area contributed by atoms with E-state index in [-0.39, 0.29) is 17.2 Å². The van der Waals surface area contributed by atoms with E-state index in [1.165, 1.54) is 10.6 Å². The van der Waals surface area contributed by atoms with Crippen molar-refractivity contribution < 1.29 is 17.9 Å². The molecule has 108 valence electrons. The Bertz CT molecular complexity index is 561. The summed E-state index contributed by atoms with van der Waals surface area (Å²) in [5.41, 5.74) is 0.739. The lowest BCUT2D eigenvalue weighted by Gasteiger charge is -2.05. The van der Waals surface area contributed by atoms with Gasteiger partial charge in [-0.2, -0.15) is 0 Å². The van der Waals surface area contributed by atoms with Crippen molar-refractivity contribution in [2.24, 2.45) is 7.05 Å². The Morgan fingerprint density at radius 3 is 2.58 bits per heavy atom. The van der Waals surface area contributed by atoms with Gasteiger partial charge < -0.3 is 9.30 Å². The van der Waals surface area contributed by atoms with Gasteiger partial charge in [0.1, 0.15) is 10.6 Å². The number of ether oxygens (including phenoxy) is 1. The Morgan fingerprint density at radius 2 is 2.05 bits per heavy atom. The molecule has 0 spiro atoms. The SMILES string of the molecule is CCCNS(=O)(=O)c1cc(C(=O)OCC)n(C)c1C. The quantitative estimate of drug-likeness (QED) is 0.798. The fourth-order valence-electron chi connectivity index (χ4n) is 1.66. The second kappa shape index (κ2) is 6.21. The van der Waals surface area contributed by atoms with Crippen LogP contribution in [0.15, 0.2) is 11.0 Å². The summed E-state index contributed by atoms with van der Waals surface area (Å²) in [5, 5.41) is 0. The van der Waals surface area contributed by atoms with E-state index in [0.717, 1.165) is 0 Å². The first kappa shape index (κ1) is 15.7. The van der Waals surface area contributed by atoms with Gasteiger partial charge in [-0.3, -0.25) is 0 Å². The van der Waals surface area contributed by atoms with E-state index in [2.05, 4.69) is 4.72 Å². The van der Waals surface area contributed by atoms with Crippen LogP contribution in [-0.2, 0) is 21.8 Å². The van der Waals surface area contributed by atoms with Gasteiger partial charge in [0.2, 0.25) is 10.0 Å². The largest absolute Gasteiger partial charge is 0.461 e. The monoisotopic (exact) mass is 288 g/mol. The van der Waals surface area contributed by atoms with Gasteiger partial charge >= 0.3 is 5.97 Å². The molecule has 19 heavy (non-hydrogen) atoms. The van der Waals surface area contributed by atoms with Crippen LogP contribution in [0.25, 0.3) is 0 Å². The molecule has 1 rings (SSSR count). The van der Waals surface area contributed by atoms with Crippen molar-refractivity contribution in [3.8, 4) is 0 Å². The van der Waals surface area contributed by atoms with Gasteiger partial charge in [-0.15, -0.1) is 0 Å². The predicted octanol–water partition coefficient (Wildman–Crippen LogP) is 1.20. The highest BCUT2D eigenvalue weighted by atomic mass is 32.2. The van der Waals surface area contributed by atoms with Gasteiger partial charge in [0.15, 0.2) is 0 Å². The van der Waals surface area contributed by atoms with E-state index in [1.807, 2.05) is 6.92 Å². The maximum Gasteiger partial charge on any atom is 0.354 e. The van der Waals surface area contributed by atoms with Crippen LogP contribution in [0.2, 0.25) is 0 Å². The van der Waals surface area contributed by atoms with Crippen molar-refractivity contribution in [3.05, 3.63) is 17.5 Å². The number of hydrogen-bond acceptors (Lipinski definition) is 4. The number of nitrogens with zero attached hydrogens (tertiary/aromatic N) is 1. The first-order chi connectivity index (χ1) is 8.85. The van der Waals surface area contributed by atoms with Crippen molar-refractivity contribution in [1.82, 2.24) is 9.29 Å². The van der Waals surface area contributed by atoms with Gasteiger partial charge in [-0.1, -0.05) is 6.92 Å². The van der Waals surface area contributed by atoms with Gasteiger partial charge in [0.05, 0.1) is 6.61 Å². The van der Waals surface area contributed by atoms with Crippen molar-refractivity contribution in [3.63, 3.8) is 0 Å². The average molecular weight is 288 g/mol. The minimum absolute atomic E-state index is 0.117. The Labute approximate surface area is 113 Å². The number of nitrogens with one attached hydrogen (secondary N) is 1. The third-order valence-electron chi connectivity index (χ3n) is 2.81. The van der Waals surface area contributed by atoms with Gasteiger partial charge in [-0.25, -0.2) is 17.9 Å². The molecule has 6 nitrogen and oxygen atoms in total. The lowest BCUT2D eigenvalue weighted by molar-refractivity contribution is 0.0515. The molecule has 0 fully saturated rings. The van der Waals surface area contributed by atoms with Crippen LogP contribution >= 0.6 is 0 Å². The molecule has 0 bridgehead atoms. The van der Waals surface area contributed by atoms with Gasteiger partial charge in [-0.05, 0) is 26.3 Å². The summed E-state index contributed by atoms with van der Waals surface area (Å²) >= 11 is 0. The molecular weight excluding hydrogens is 268 g/mol. The normalized spacial score (nSPS) is 11.6. The average Bonchev–Trinajstić information content (AvgIpc) is 2.65. The molecule has 0 aliphatic heterocycles. The predicted molar refractivity (Wildman–Crippen MR) is 71.6 cm³/mol. The van der Waals surface area contributed by atoms with Crippen LogP contribution in [0.4, 0.5) is 0 Å². The topological polar surface area (TPSA) is 77.4 Å². The van der Waals surface area contributed by atoms with E-state index < -0.39 is 16.0 Å². The number of rotatable bonds is 6. The minimum atomic E-state index is -3.58. The maximum absolute atomic E-state index is 12.1. The molecule has 0 aliphatic rings. The van der Waals surface area contributed by atoms with E-state index in [1.54, 1.807) is 20.9 Å². The summed E-state index contributed by atoms with van der Waals surface area (Å²) in [7, 11) is -1.94. The molecule has 0 atom stereocenters. The molecule has 0 unspecified atom stereocenters. The van der Waals surface area contributed by atoms with Crippen molar-refractivity contribution in [1.29, 1.82) is 0 Å². The first-order valence-electron chi connectivity index (χ1n) is 6.18. The van der Waals surface area contributed by atoms with Crippen LogP contribution in [0.1, 0.15) is 36.5 Å². The lowest BCUT2D eigenvalue weighted by Crippen LogP contribution is -2.24. The fourth-order valence-corrected chi connectivity index (χ4v) is 3.08. The third-order valence-corrected chi connectivity index (χ3v) is 4.38. The van der Waals surface area contributed by atoms with Crippen LogP contribution in [0.5, 0.6) is 0 Å². The Hall–Kier alpha value is -1.34. The molecule has 0 saturated heterocycles. The number of carbonyl (C=O) groups excluding carboxylic acids is 1. The van der Waals surface area contributed by atoms with Crippen LogP contribution in [-0.4, -0.2) is 32.1 Å². The molecule has 0 saturated carbocycles. The van der Waals surface area contributed by atoms with Crippen molar-refractivity contribution in [2.45, 2.75) is 32.1 Å². The fraction of sp³-hybridized carbons (Fsp3) is 0.583. The maximum atomic E-state index is 12.1. The second-order valence-corrected chi connectivity index (χ2v) is 5.89. The van der Waals surface area contributed by atoms with Gasteiger partial charge in [0.25, 0.3) is 0 Å².